The van der Waals surface area contributed by atoms with Crippen LogP contribution >= 0.6 is 11.6 Å². The number of hydrazine groups is 1. The van der Waals surface area contributed by atoms with Crippen molar-refractivity contribution in [1.29, 1.82) is 0 Å². The molecule has 9 nitrogen and oxygen atoms in total. The summed E-state index contributed by atoms with van der Waals surface area (Å²) >= 11 is 5.77. The third kappa shape index (κ3) is 4.20. The van der Waals surface area contributed by atoms with E-state index in [1.54, 1.807) is 0 Å². The molecule has 2 amide bonds. The van der Waals surface area contributed by atoms with E-state index in [1.165, 1.54) is 24.5 Å². The fourth-order valence-electron chi connectivity index (χ4n) is 1.44. The summed E-state index contributed by atoms with van der Waals surface area (Å²) in [5, 5.41) is -0.708. The van der Waals surface area contributed by atoms with Gasteiger partial charge in [-0.15, -0.1) is 0 Å². The van der Waals surface area contributed by atoms with Crippen LogP contribution in [0.4, 0.5) is 0 Å². The van der Waals surface area contributed by atoms with Crippen LogP contribution in [-0.4, -0.2) is 41.4 Å². The molecule has 0 aliphatic carbocycles. The molecule has 0 aromatic carbocycles. The van der Waals surface area contributed by atoms with E-state index in [-0.39, 0.29) is 16.3 Å². The van der Waals surface area contributed by atoms with Gasteiger partial charge in [0.2, 0.25) is 15.0 Å². The molecule has 23 heavy (non-hydrogen) atoms. The Hall–Kier alpha value is -2.59. The zero-order valence-corrected chi connectivity index (χ0v) is 13.2. The van der Waals surface area contributed by atoms with Crippen LogP contribution in [0.15, 0.2) is 35.9 Å². The summed E-state index contributed by atoms with van der Waals surface area (Å²) in [6.45, 7) is 0. The second-order valence-electron chi connectivity index (χ2n) is 4.27. The van der Waals surface area contributed by atoms with Crippen molar-refractivity contribution in [2.24, 2.45) is 0 Å². The van der Waals surface area contributed by atoms with Gasteiger partial charge < -0.3 is 0 Å². The predicted octanol–water partition coefficient (Wildman–Crippen LogP) is 0.00330. The van der Waals surface area contributed by atoms with Crippen LogP contribution < -0.4 is 10.9 Å². The summed E-state index contributed by atoms with van der Waals surface area (Å²) in [6.07, 6.45) is 4.71. The number of nitrogens with zero attached hydrogens (tertiary/aromatic N) is 3. The number of aromatic nitrogens is 3. The number of sulfone groups is 1. The molecule has 0 radical (unpaired) electrons. The van der Waals surface area contributed by atoms with Crippen LogP contribution in [0.5, 0.6) is 0 Å². The lowest BCUT2D eigenvalue weighted by Crippen LogP contribution is -2.42. The molecule has 120 valence electrons. The van der Waals surface area contributed by atoms with Gasteiger partial charge in [-0.05, 0) is 12.1 Å². The van der Waals surface area contributed by atoms with Crippen molar-refractivity contribution in [2.75, 3.05) is 6.26 Å². The van der Waals surface area contributed by atoms with E-state index in [9.17, 15) is 18.0 Å². The summed E-state index contributed by atoms with van der Waals surface area (Å²) in [4.78, 5) is 34.6. The lowest BCUT2D eigenvalue weighted by molar-refractivity contribution is 0.0843. The number of halogens is 1. The summed E-state index contributed by atoms with van der Waals surface area (Å²) < 4.78 is 22.8. The summed E-state index contributed by atoms with van der Waals surface area (Å²) in [5.41, 5.74) is 4.13. The topological polar surface area (TPSA) is 131 Å². The smallest absolute Gasteiger partial charge is 0.267 e. The molecule has 11 heteroatoms. The molecule has 0 aliphatic rings. The minimum absolute atomic E-state index is 0.159. The second kappa shape index (κ2) is 6.67. The average Bonchev–Trinajstić information content (AvgIpc) is 2.52. The summed E-state index contributed by atoms with van der Waals surface area (Å²) in [7, 11) is -3.71. The lowest BCUT2D eigenvalue weighted by Gasteiger charge is -2.08. The molecule has 0 saturated heterocycles. The Balaban J connectivity index is 2.14. The number of hydrogen-bond acceptors (Lipinski definition) is 7. The van der Waals surface area contributed by atoms with Crippen molar-refractivity contribution in [3.63, 3.8) is 0 Å². The third-order valence-electron chi connectivity index (χ3n) is 2.50. The average molecular weight is 356 g/mol. The molecule has 2 aromatic heterocycles. The monoisotopic (exact) mass is 355 g/mol. The van der Waals surface area contributed by atoms with Crippen molar-refractivity contribution in [3.8, 4) is 0 Å². The SMILES string of the molecule is CS(=O)(=O)c1ncc(Cl)c(C(=O)NNC(=O)c2ccncc2)n1. The molecule has 0 aliphatic heterocycles. The van der Waals surface area contributed by atoms with Gasteiger partial charge in [-0.3, -0.25) is 25.4 Å². The molecule has 2 heterocycles. The Labute approximate surface area is 136 Å². The maximum absolute atomic E-state index is 12.0. The first-order valence-corrected chi connectivity index (χ1v) is 8.29. The van der Waals surface area contributed by atoms with Gasteiger partial charge >= 0.3 is 0 Å². The Morgan fingerprint density at radius 3 is 2.35 bits per heavy atom. The standard InChI is InChI=1S/C12H10ClN5O4S/c1-23(21,22)12-15-6-8(13)9(16-12)11(20)18-17-10(19)7-2-4-14-5-3-7/h2-6H,1H3,(H,17,19)(H,18,20). The minimum atomic E-state index is -3.71. The number of carbonyl (C=O) groups is 2. The van der Waals surface area contributed by atoms with Crippen molar-refractivity contribution in [1.82, 2.24) is 25.8 Å². The minimum Gasteiger partial charge on any atom is -0.267 e. The maximum Gasteiger partial charge on any atom is 0.290 e. The Bertz CT molecular complexity index is 857. The molecule has 2 N–H and O–H groups in total. The van der Waals surface area contributed by atoms with Gasteiger partial charge in [0.1, 0.15) is 0 Å². The van der Waals surface area contributed by atoms with Crippen molar-refractivity contribution < 1.29 is 18.0 Å². The summed E-state index contributed by atoms with van der Waals surface area (Å²) in [5.74, 6) is -1.47. The first kappa shape index (κ1) is 16.8. The summed E-state index contributed by atoms with van der Waals surface area (Å²) in [6, 6.07) is 2.89. The number of pyridine rings is 1. The van der Waals surface area contributed by atoms with Gasteiger partial charge in [0.05, 0.1) is 11.2 Å². The molecule has 0 atom stereocenters. The number of carbonyl (C=O) groups excluding carboxylic acids is 2. The van der Waals surface area contributed by atoms with Gasteiger partial charge in [0.15, 0.2) is 5.69 Å². The van der Waals surface area contributed by atoms with Crippen LogP contribution in [0.1, 0.15) is 20.8 Å². The van der Waals surface area contributed by atoms with E-state index in [0.29, 0.717) is 0 Å². The van der Waals surface area contributed by atoms with E-state index in [4.69, 9.17) is 11.6 Å². The van der Waals surface area contributed by atoms with Gasteiger partial charge in [-0.1, -0.05) is 11.6 Å². The van der Waals surface area contributed by atoms with Gasteiger partial charge in [-0.2, -0.15) is 0 Å². The Kier molecular flexibility index (Phi) is 4.86. The van der Waals surface area contributed by atoms with Crippen LogP contribution in [0.25, 0.3) is 0 Å². The highest BCUT2D eigenvalue weighted by Crippen LogP contribution is 2.14. The zero-order chi connectivity index (χ0) is 17.0. The fourth-order valence-corrected chi connectivity index (χ4v) is 2.12. The fraction of sp³-hybridized carbons (Fsp3) is 0.0833. The van der Waals surface area contributed by atoms with E-state index in [2.05, 4.69) is 25.8 Å². The molecular weight excluding hydrogens is 346 g/mol. The number of hydrogen-bond donors (Lipinski definition) is 2. The Morgan fingerprint density at radius 2 is 1.74 bits per heavy atom. The van der Waals surface area contributed by atoms with Gasteiger partial charge in [0.25, 0.3) is 11.8 Å². The molecule has 0 bridgehead atoms. The highest BCUT2D eigenvalue weighted by molar-refractivity contribution is 7.90. The van der Waals surface area contributed by atoms with E-state index in [0.717, 1.165) is 12.5 Å². The van der Waals surface area contributed by atoms with E-state index in [1.807, 2.05) is 0 Å². The van der Waals surface area contributed by atoms with Crippen LogP contribution in [-0.2, 0) is 9.84 Å². The first-order valence-electron chi connectivity index (χ1n) is 6.02. The van der Waals surface area contributed by atoms with Crippen LogP contribution in [0.3, 0.4) is 0 Å². The zero-order valence-electron chi connectivity index (χ0n) is 11.6. The van der Waals surface area contributed by atoms with Crippen LogP contribution in [0, 0.1) is 0 Å². The predicted molar refractivity (Wildman–Crippen MR) is 79.3 cm³/mol. The molecule has 2 rings (SSSR count). The third-order valence-corrected chi connectivity index (χ3v) is 3.64. The quantitative estimate of drug-likeness (QED) is 0.585. The normalized spacial score (nSPS) is 10.9. The largest absolute Gasteiger partial charge is 0.290 e. The molecule has 0 unspecified atom stereocenters. The highest BCUT2D eigenvalue weighted by atomic mass is 35.5. The number of amides is 2. The second-order valence-corrected chi connectivity index (χ2v) is 6.58. The maximum atomic E-state index is 12.0. The van der Waals surface area contributed by atoms with Gasteiger partial charge in [-0.25, -0.2) is 18.4 Å². The molecular formula is C12H10ClN5O4S. The number of rotatable bonds is 3. The van der Waals surface area contributed by atoms with E-state index < -0.39 is 26.8 Å². The molecule has 0 saturated carbocycles. The molecule has 0 spiro atoms. The highest BCUT2D eigenvalue weighted by Gasteiger charge is 2.19. The van der Waals surface area contributed by atoms with Crippen molar-refractivity contribution in [3.05, 3.63) is 47.0 Å². The van der Waals surface area contributed by atoms with Crippen molar-refractivity contribution >= 4 is 33.3 Å². The first-order chi connectivity index (χ1) is 10.8. The Morgan fingerprint density at radius 1 is 1.13 bits per heavy atom. The van der Waals surface area contributed by atoms with Gasteiger partial charge in [0, 0.05) is 24.2 Å². The van der Waals surface area contributed by atoms with Crippen molar-refractivity contribution in [2.45, 2.75) is 5.16 Å². The molecule has 2 aromatic rings. The molecule has 0 fully saturated rings. The van der Waals surface area contributed by atoms with E-state index >= 15 is 0 Å². The number of nitrogens with one attached hydrogen (secondary N) is 2. The lowest BCUT2D eigenvalue weighted by atomic mass is 10.2. The van der Waals surface area contributed by atoms with Crippen LogP contribution in [0.2, 0.25) is 5.02 Å².